The number of rotatable bonds is 3. The highest BCUT2D eigenvalue weighted by Crippen LogP contribution is 2.28. The number of oxime groups is 1. The number of piperidine rings is 1. The molecule has 1 fully saturated rings. The maximum atomic E-state index is 12.5. The molecular formula is C12H16BrN3O3S. The van der Waals surface area contributed by atoms with Gasteiger partial charge in [0.15, 0.2) is 0 Å². The summed E-state index contributed by atoms with van der Waals surface area (Å²) in [6.07, 6.45) is 1.11. The number of hydrogen-bond acceptors (Lipinski definition) is 4. The van der Waals surface area contributed by atoms with Gasteiger partial charge < -0.3 is 10.9 Å². The lowest BCUT2D eigenvalue weighted by molar-refractivity contribution is 0.291. The molecule has 0 radical (unpaired) electrons. The fraction of sp³-hybridized carbons (Fsp3) is 0.417. The quantitative estimate of drug-likeness (QED) is 0.369. The van der Waals surface area contributed by atoms with Gasteiger partial charge in [-0.1, -0.05) is 17.3 Å². The summed E-state index contributed by atoms with van der Waals surface area (Å²) >= 11 is 3.27. The van der Waals surface area contributed by atoms with Crippen molar-refractivity contribution in [3.8, 4) is 0 Å². The Balaban J connectivity index is 2.16. The summed E-state index contributed by atoms with van der Waals surface area (Å²) < 4.78 is 27.1. The number of nitrogens with zero attached hydrogens (tertiary/aromatic N) is 2. The van der Waals surface area contributed by atoms with Crippen molar-refractivity contribution in [3.05, 3.63) is 28.7 Å². The third-order valence-corrected chi connectivity index (χ3v) is 6.35. The molecule has 3 N–H and O–H groups in total. The van der Waals surface area contributed by atoms with Crippen LogP contribution in [0.25, 0.3) is 0 Å². The van der Waals surface area contributed by atoms with Crippen LogP contribution in [-0.4, -0.2) is 36.9 Å². The Bertz CT molecular complexity index is 610. The molecule has 0 aliphatic carbocycles. The van der Waals surface area contributed by atoms with Crippen molar-refractivity contribution >= 4 is 31.8 Å². The van der Waals surface area contributed by atoms with Gasteiger partial charge in [-0.3, -0.25) is 0 Å². The van der Waals surface area contributed by atoms with Crippen LogP contribution in [0.4, 0.5) is 0 Å². The van der Waals surface area contributed by atoms with E-state index in [2.05, 4.69) is 21.1 Å². The zero-order chi connectivity index (χ0) is 14.8. The van der Waals surface area contributed by atoms with E-state index in [0.717, 1.165) is 0 Å². The van der Waals surface area contributed by atoms with Crippen LogP contribution in [-0.2, 0) is 10.0 Å². The van der Waals surface area contributed by atoms with E-state index in [1.54, 1.807) is 24.3 Å². The van der Waals surface area contributed by atoms with Crippen LogP contribution in [0.15, 0.2) is 38.8 Å². The second-order valence-corrected chi connectivity index (χ2v) is 7.39. The summed E-state index contributed by atoms with van der Waals surface area (Å²) in [5.74, 6) is 0.105. The molecule has 0 unspecified atom stereocenters. The van der Waals surface area contributed by atoms with E-state index in [1.165, 1.54) is 4.31 Å². The number of hydrogen-bond donors (Lipinski definition) is 2. The van der Waals surface area contributed by atoms with Crippen molar-refractivity contribution in [3.63, 3.8) is 0 Å². The van der Waals surface area contributed by atoms with Crippen molar-refractivity contribution in [1.29, 1.82) is 0 Å². The molecular weight excluding hydrogens is 346 g/mol. The highest BCUT2D eigenvalue weighted by Gasteiger charge is 2.31. The fourth-order valence-corrected chi connectivity index (χ4v) is 4.70. The second-order valence-electron chi connectivity index (χ2n) is 4.63. The Morgan fingerprint density at radius 1 is 1.35 bits per heavy atom. The van der Waals surface area contributed by atoms with E-state index in [4.69, 9.17) is 10.9 Å². The average Bonchev–Trinajstić information content (AvgIpc) is 2.47. The summed E-state index contributed by atoms with van der Waals surface area (Å²) in [5.41, 5.74) is 5.56. The van der Waals surface area contributed by atoms with Gasteiger partial charge in [-0.05, 0) is 40.9 Å². The summed E-state index contributed by atoms with van der Waals surface area (Å²) in [6, 6.07) is 6.75. The highest BCUT2D eigenvalue weighted by molar-refractivity contribution is 9.10. The summed E-state index contributed by atoms with van der Waals surface area (Å²) in [6.45, 7) is 0.731. The van der Waals surface area contributed by atoms with Gasteiger partial charge in [0.2, 0.25) is 10.0 Å². The van der Waals surface area contributed by atoms with Crippen molar-refractivity contribution in [2.24, 2.45) is 16.8 Å². The van der Waals surface area contributed by atoms with E-state index in [-0.39, 0.29) is 16.6 Å². The van der Waals surface area contributed by atoms with Crippen molar-refractivity contribution in [2.45, 2.75) is 17.7 Å². The standard InChI is InChI=1S/C12H16BrN3O3S/c13-10-3-1-2-4-11(10)20(18,19)16-7-5-9(6-8-16)12(14)15-17/h1-4,9,17H,5-8H2,(H2,14,15). The Labute approximate surface area is 126 Å². The third kappa shape index (κ3) is 2.97. The maximum absolute atomic E-state index is 12.5. The summed E-state index contributed by atoms with van der Waals surface area (Å²) in [7, 11) is -3.51. The predicted octanol–water partition coefficient (Wildman–Crippen LogP) is 1.60. The lowest BCUT2D eigenvalue weighted by Gasteiger charge is -2.30. The van der Waals surface area contributed by atoms with Crippen molar-refractivity contribution in [2.75, 3.05) is 13.1 Å². The van der Waals surface area contributed by atoms with Gasteiger partial charge in [0, 0.05) is 23.5 Å². The van der Waals surface area contributed by atoms with Crippen molar-refractivity contribution in [1.82, 2.24) is 4.31 Å². The Morgan fingerprint density at radius 3 is 2.50 bits per heavy atom. The monoisotopic (exact) mass is 361 g/mol. The van der Waals surface area contributed by atoms with Gasteiger partial charge in [-0.15, -0.1) is 0 Å². The van der Waals surface area contributed by atoms with Crippen LogP contribution in [0.1, 0.15) is 12.8 Å². The first kappa shape index (κ1) is 15.3. The van der Waals surface area contributed by atoms with E-state index in [1.807, 2.05) is 0 Å². The molecule has 0 atom stereocenters. The molecule has 0 aromatic heterocycles. The summed E-state index contributed by atoms with van der Waals surface area (Å²) in [5, 5.41) is 11.6. The molecule has 0 amide bonds. The number of nitrogens with two attached hydrogens (primary N) is 1. The van der Waals surface area contributed by atoms with Crippen LogP contribution in [0, 0.1) is 5.92 Å². The Kier molecular flexibility index (Phi) is 4.66. The van der Waals surface area contributed by atoms with Gasteiger partial charge in [0.05, 0.1) is 4.90 Å². The topological polar surface area (TPSA) is 96.0 Å². The minimum Gasteiger partial charge on any atom is -0.409 e. The molecule has 20 heavy (non-hydrogen) atoms. The van der Waals surface area contributed by atoms with E-state index in [9.17, 15) is 8.42 Å². The van der Waals surface area contributed by atoms with Gasteiger partial charge in [0.25, 0.3) is 0 Å². The van der Waals surface area contributed by atoms with E-state index >= 15 is 0 Å². The predicted molar refractivity (Wildman–Crippen MR) is 79.0 cm³/mol. The molecule has 0 bridgehead atoms. The zero-order valence-electron chi connectivity index (χ0n) is 10.7. The lowest BCUT2D eigenvalue weighted by Crippen LogP contribution is -2.41. The number of sulfonamides is 1. The normalized spacial score (nSPS) is 19.1. The SMILES string of the molecule is NC(=NO)C1CCN(S(=O)(=O)c2ccccc2Br)CC1. The van der Waals surface area contributed by atoms with Gasteiger partial charge in [-0.2, -0.15) is 4.31 Å². The number of benzene rings is 1. The molecule has 8 heteroatoms. The molecule has 0 saturated carbocycles. The van der Waals surface area contributed by atoms with Gasteiger partial charge in [0.1, 0.15) is 5.84 Å². The first-order chi connectivity index (χ1) is 9.46. The van der Waals surface area contributed by atoms with E-state index in [0.29, 0.717) is 30.4 Å². The van der Waals surface area contributed by atoms with Crippen molar-refractivity contribution < 1.29 is 13.6 Å². The Morgan fingerprint density at radius 2 is 1.95 bits per heavy atom. The lowest BCUT2D eigenvalue weighted by atomic mass is 9.97. The minimum atomic E-state index is -3.51. The fourth-order valence-electron chi connectivity index (χ4n) is 2.27. The summed E-state index contributed by atoms with van der Waals surface area (Å²) in [4.78, 5) is 0.266. The average molecular weight is 362 g/mol. The molecule has 1 aromatic rings. The molecule has 1 aliphatic rings. The molecule has 1 aliphatic heterocycles. The van der Waals surface area contributed by atoms with Crippen LogP contribution < -0.4 is 5.73 Å². The van der Waals surface area contributed by atoms with E-state index < -0.39 is 10.0 Å². The Hall–Kier alpha value is -1.12. The van der Waals surface area contributed by atoms with Gasteiger partial charge >= 0.3 is 0 Å². The van der Waals surface area contributed by atoms with Crippen LogP contribution in [0.2, 0.25) is 0 Å². The van der Waals surface area contributed by atoms with Crippen LogP contribution >= 0.6 is 15.9 Å². The molecule has 6 nitrogen and oxygen atoms in total. The maximum Gasteiger partial charge on any atom is 0.244 e. The zero-order valence-corrected chi connectivity index (χ0v) is 13.1. The minimum absolute atomic E-state index is 0.0642. The first-order valence-electron chi connectivity index (χ1n) is 6.19. The first-order valence-corrected chi connectivity index (χ1v) is 8.42. The highest BCUT2D eigenvalue weighted by atomic mass is 79.9. The molecule has 0 spiro atoms. The molecule has 1 saturated heterocycles. The molecule has 110 valence electrons. The molecule has 1 heterocycles. The molecule has 2 rings (SSSR count). The molecule has 1 aromatic carbocycles. The third-order valence-electron chi connectivity index (χ3n) is 3.44. The largest absolute Gasteiger partial charge is 0.409 e. The van der Waals surface area contributed by atoms with Crippen LogP contribution in [0.3, 0.4) is 0 Å². The van der Waals surface area contributed by atoms with Crippen LogP contribution in [0.5, 0.6) is 0 Å². The number of halogens is 1. The smallest absolute Gasteiger partial charge is 0.244 e. The second kappa shape index (κ2) is 6.11. The van der Waals surface area contributed by atoms with Gasteiger partial charge in [-0.25, -0.2) is 8.42 Å². The number of amidine groups is 1.